The van der Waals surface area contributed by atoms with E-state index >= 15 is 0 Å². The molecule has 1 saturated carbocycles. The Balaban J connectivity index is 1.80. The van der Waals surface area contributed by atoms with E-state index in [4.69, 9.17) is 0 Å². The zero-order chi connectivity index (χ0) is 12.0. The maximum atomic E-state index is 11.9. The minimum Gasteiger partial charge on any atom is -0.342 e. The van der Waals surface area contributed by atoms with Crippen molar-refractivity contribution in [2.75, 3.05) is 25.0 Å². The highest BCUT2D eigenvalue weighted by Gasteiger charge is 2.33. The lowest BCUT2D eigenvalue weighted by molar-refractivity contribution is -0.132. The Hall–Kier alpha value is -1.17. The Bertz CT molecular complexity index is 442. The van der Waals surface area contributed by atoms with Gasteiger partial charge in [-0.25, -0.2) is 4.98 Å². The lowest BCUT2D eigenvalue weighted by atomic mass is 10.2. The summed E-state index contributed by atoms with van der Waals surface area (Å²) in [5.74, 6) is 1.72. The highest BCUT2D eigenvalue weighted by atomic mass is 32.1. The molecule has 0 aromatic carbocycles. The molecule has 5 nitrogen and oxygen atoms in total. The number of amides is 1. The summed E-state index contributed by atoms with van der Waals surface area (Å²) in [6.45, 7) is 3.56. The van der Waals surface area contributed by atoms with Crippen LogP contribution in [-0.4, -0.2) is 46.3 Å². The number of aromatic nitrogens is 2. The van der Waals surface area contributed by atoms with Gasteiger partial charge in [0.2, 0.25) is 11.0 Å². The van der Waals surface area contributed by atoms with Crippen LogP contribution in [0.5, 0.6) is 0 Å². The van der Waals surface area contributed by atoms with Crippen LogP contribution in [0.2, 0.25) is 0 Å². The molecule has 0 spiro atoms. The predicted molar refractivity (Wildman–Crippen MR) is 66.3 cm³/mol. The highest BCUT2D eigenvalue weighted by molar-refractivity contribution is 7.09. The van der Waals surface area contributed by atoms with Crippen LogP contribution < -0.4 is 4.90 Å². The van der Waals surface area contributed by atoms with E-state index in [1.807, 2.05) is 14.0 Å². The standard InChI is InChI=1S/C11H16N4OS/c1-7-10(16)14(2)5-6-15(7)11-12-9(13-17-11)8-3-4-8/h7-8H,3-6H2,1-2H3/t7-/m0/s1. The van der Waals surface area contributed by atoms with Crippen molar-refractivity contribution in [1.82, 2.24) is 14.3 Å². The maximum Gasteiger partial charge on any atom is 0.244 e. The number of rotatable bonds is 2. The molecule has 0 unspecified atom stereocenters. The van der Waals surface area contributed by atoms with Crippen LogP contribution in [0.25, 0.3) is 0 Å². The number of piperazine rings is 1. The topological polar surface area (TPSA) is 49.3 Å². The number of nitrogens with zero attached hydrogens (tertiary/aromatic N) is 4. The van der Waals surface area contributed by atoms with E-state index in [1.54, 1.807) is 4.90 Å². The molecule has 0 radical (unpaired) electrons. The van der Waals surface area contributed by atoms with E-state index < -0.39 is 0 Å². The van der Waals surface area contributed by atoms with Gasteiger partial charge in [-0.1, -0.05) is 0 Å². The molecule has 6 heteroatoms. The third-order valence-electron chi connectivity index (χ3n) is 3.50. The average molecular weight is 252 g/mol. The van der Waals surface area contributed by atoms with Gasteiger partial charge in [0, 0.05) is 37.6 Å². The molecular weight excluding hydrogens is 236 g/mol. The van der Waals surface area contributed by atoms with Crippen molar-refractivity contribution in [2.24, 2.45) is 0 Å². The van der Waals surface area contributed by atoms with E-state index in [1.165, 1.54) is 24.4 Å². The lowest BCUT2D eigenvalue weighted by Gasteiger charge is -2.36. The molecule has 3 rings (SSSR count). The molecule has 2 fully saturated rings. The first-order valence-corrected chi connectivity index (χ1v) is 6.79. The van der Waals surface area contributed by atoms with E-state index in [0.29, 0.717) is 5.92 Å². The number of likely N-dealkylation sites (N-methyl/N-ethyl adjacent to an activating group) is 1. The van der Waals surface area contributed by atoms with Gasteiger partial charge in [0.15, 0.2) is 0 Å². The molecule has 0 N–H and O–H groups in total. The van der Waals surface area contributed by atoms with Gasteiger partial charge < -0.3 is 9.80 Å². The van der Waals surface area contributed by atoms with Crippen molar-refractivity contribution in [3.8, 4) is 0 Å². The third kappa shape index (κ3) is 1.90. The minimum absolute atomic E-state index is 0.117. The van der Waals surface area contributed by atoms with Crippen LogP contribution in [0.15, 0.2) is 0 Å². The smallest absolute Gasteiger partial charge is 0.244 e. The summed E-state index contributed by atoms with van der Waals surface area (Å²) >= 11 is 1.43. The molecule has 1 aliphatic heterocycles. The molecule has 92 valence electrons. The van der Waals surface area contributed by atoms with Gasteiger partial charge in [0.05, 0.1) is 0 Å². The van der Waals surface area contributed by atoms with Crippen molar-refractivity contribution >= 4 is 22.6 Å². The van der Waals surface area contributed by atoms with Gasteiger partial charge in [-0.3, -0.25) is 4.79 Å². The summed E-state index contributed by atoms with van der Waals surface area (Å²) in [5, 5.41) is 0.904. The van der Waals surface area contributed by atoms with Gasteiger partial charge in [-0.15, -0.1) is 0 Å². The molecule has 2 aliphatic rings. The Morgan fingerprint density at radius 3 is 2.82 bits per heavy atom. The van der Waals surface area contributed by atoms with Crippen molar-refractivity contribution in [1.29, 1.82) is 0 Å². The van der Waals surface area contributed by atoms with Crippen LogP contribution in [0, 0.1) is 0 Å². The molecular formula is C11H16N4OS. The number of carbonyl (C=O) groups excluding carboxylic acids is 1. The number of carbonyl (C=O) groups is 1. The summed E-state index contributed by atoms with van der Waals surface area (Å²) < 4.78 is 4.40. The molecule has 0 bridgehead atoms. The summed E-state index contributed by atoms with van der Waals surface area (Å²) in [6, 6.07) is -0.117. The number of hydrogen-bond acceptors (Lipinski definition) is 5. The highest BCUT2D eigenvalue weighted by Crippen LogP contribution is 2.40. The van der Waals surface area contributed by atoms with Crippen molar-refractivity contribution in [2.45, 2.75) is 31.7 Å². The van der Waals surface area contributed by atoms with Crippen LogP contribution in [0.3, 0.4) is 0 Å². The zero-order valence-electron chi connectivity index (χ0n) is 10.1. The summed E-state index contributed by atoms with van der Waals surface area (Å²) in [4.78, 5) is 20.3. The molecule has 1 amide bonds. The Labute approximate surface area is 105 Å². The van der Waals surface area contributed by atoms with Gasteiger partial charge >= 0.3 is 0 Å². The predicted octanol–water partition coefficient (Wildman–Crippen LogP) is 1.08. The molecule has 1 aliphatic carbocycles. The molecule has 1 aromatic heterocycles. The van der Waals surface area contributed by atoms with Crippen LogP contribution >= 0.6 is 11.5 Å². The average Bonchev–Trinajstić information content (AvgIpc) is 3.06. The fraction of sp³-hybridized carbons (Fsp3) is 0.727. The van der Waals surface area contributed by atoms with Crippen LogP contribution in [0.4, 0.5) is 5.13 Å². The minimum atomic E-state index is -0.117. The lowest BCUT2D eigenvalue weighted by Crippen LogP contribution is -2.54. The maximum absolute atomic E-state index is 11.9. The molecule has 2 heterocycles. The van der Waals surface area contributed by atoms with E-state index in [2.05, 4.69) is 14.3 Å². The number of hydrogen-bond donors (Lipinski definition) is 0. The second-order valence-electron chi connectivity index (χ2n) is 4.84. The van der Waals surface area contributed by atoms with Crippen LogP contribution in [0.1, 0.15) is 31.5 Å². The van der Waals surface area contributed by atoms with Crippen molar-refractivity contribution in [3.05, 3.63) is 5.82 Å². The Morgan fingerprint density at radius 1 is 1.35 bits per heavy atom. The van der Waals surface area contributed by atoms with Gasteiger partial charge in [0.25, 0.3) is 0 Å². The zero-order valence-corrected chi connectivity index (χ0v) is 10.9. The van der Waals surface area contributed by atoms with E-state index in [-0.39, 0.29) is 11.9 Å². The molecule has 1 saturated heterocycles. The van der Waals surface area contributed by atoms with Gasteiger partial charge in [-0.05, 0) is 19.8 Å². The first kappa shape index (κ1) is 11.0. The molecule has 1 aromatic rings. The van der Waals surface area contributed by atoms with Gasteiger partial charge in [-0.2, -0.15) is 4.37 Å². The van der Waals surface area contributed by atoms with Crippen LogP contribution in [-0.2, 0) is 4.79 Å². The summed E-state index contributed by atoms with van der Waals surface area (Å²) in [6.07, 6.45) is 2.43. The number of anilines is 1. The fourth-order valence-electron chi connectivity index (χ4n) is 2.13. The second-order valence-corrected chi connectivity index (χ2v) is 5.57. The SMILES string of the molecule is C[C@H]1C(=O)N(C)CCN1c1nc(C2CC2)ns1. The largest absolute Gasteiger partial charge is 0.342 e. The first-order valence-electron chi connectivity index (χ1n) is 6.02. The van der Waals surface area contributed by atoms with E-state index in [9.17, 15) is 4.79 Å². The second kappa shape index (κ2) is 3.94. The first-order chi connectivity index (χ1) is 8.16. The van der Waals surface area contributed by atoms with Crippen molar-refractivity contribution in [3.63, 3.8) is 0 Å². The van der Waals surface area contributed by atoms with Crippen molar-refractivity contribution < 1.29 is 4.79 Å². The third-order valence-corrected chi connectivity index (χ3v) is 4.26. The Kier molecular flexibility index (Phi) is 2.54. The summed E-state index contributed by atoms with van der Waals surface area (Å²) in [5.41, 5.74) is 0. The fourth-order valence-corrected chi connectivity index (χ4v) is 2.98. The quantitative estimate of drug-likeness (QED) is 0.790. The van der Waals surface area contributed by atoms with Gasteiger partial charge in [0.1, 0.15) is 11.9 Å². The molecule has 17 heavy (non-hydrogen) atoms. The normalized spacial score (nSPS) is 25.5. The monoisotopic (exact) mass is 252 g/mol. The Morgan fingerprint density at radius 2 is 2.12 bits per heavy atom. The molecule has 1 atom stereocenters. The van der Waals surface area contributed by atoms with E-state index in [0.717, 1.165) is 24.0 Å². The summed E-state index contributed by atoms with van der Waals surface area (Å²) in [7, 11) is 1.85.